The van der Waals surface area contributed by atoms with Gasteiger partial charge in [0.05, 0.1) is 5.56 Å². The Kier molecular flexibility index (Phi) is 2.59. The Morgan fingerprint density at radius 1 is 1.46 bits per heavy atom. The fourth-order valence-electron chi connectivity index (χ4n) is 0.751. The van der Waals surface area contributed by atoms with Crippen molar-refractivity contribution in [2.45, 2.75) is 6.92 Å². The maximum atomic E-state index is 11.0. The molecule has 1 heterocycles. The molecule has 0 atom stereocenters. The number of carbonyl (C=O) groups is 1. The van der Waals surface area contributed by atoms with Crippen LogP contribution in [0.4, 0.5) is 0 Å². The van der Waals surface area contributed by atoms with Gasteiger partial charge in [0, 0.05) is 6.20 Å². The maximum absolute atomic E-state index is 11.0. The summed E-state index contributed by atoms with van der Waals surface area (Å²) in [6, 6.07) is 0. The minimum Gasteiger partial charge on any atom is -0.314 e. The van der Waals surface area contributed by atoms with Gasteiger partial charge in [0.15, 0.2) is 5.78 Å². The zero-order valence-electron chi connectivity index (χ0n) is 6.96. The lowest BCUT2D eigenvalue weighted by atomic mass is 10.3. The van der Waals surface area contributed by atoms with Gasteiger partial charge < -0.3 is 4.98 Å². The molecule has 5 heteroatoms. The van der Waals surface area contributed by atoms with E-state index in [0.717, 1.165) is 0 Å². The van der Waals surface area contributed by atoms with Crippen LogP contribution in [0.25, 0.3) is 6.08 Å². The van der Waals surface area contributed by atoms with Gasteiger partial charge in [-0.3, -0.25) is 14.6 Å². The molecule has 0 saturated heterocycles. The van der Waals surface area contributed by atoms with Crippen LogP contribution in [0, 0.1) is 0 Å². The number of ketones is 1. The molecular weight excluding hydrogens is 172 g/mol. The lowest BCUT2D eigenvalue weighted by Gasteiger charge is -1.88. The number of hydrogen-bond donors (Lipinski definition) is 2. The molecule has 0 aliphatic carbocycles. The monoisotopic (exact) mass is 180 g/mol. The summed E-state index contributed by atoms with van der Waals surface area (Å²) < 4.78 is 0. The molecular formula is C8H8N2O3. The number of aromatic amines is 2. The van der Waals surface area contributed by atoms with Crippen molar-refractivity contribution < 1.29 is 4.79 Å². The molecule has 68 valence electrons. The minimum atomic E-state index is -0.565. The maximum Gasteiger partial charge on any atom is 0.325 e. The van der Waals surface area contributed by atoms with E-state index in [1.165, 1.54) is 25.3 Å². The SMILES string of the molecule is CC(=O)/C=C\c1c[nH]c(=O)[nH]c1=O. The van der Waals surface area contributed by atoms with Crippen molar-refractivity contribution in [1.29, 1.82) is 0 Å². The van der Waals surface area contributed by atoms with Crippen molar-refractivity contribution in [1.82, 2.24) is 9.97 Å². The van der Waals surface area contributed by atoms with Crippen molar-refractivity contribution in [2.75, 3.05) is 0 Å². The molecule has 0 bridgehead atoms. The molecule has 0 aliphatic heterocycles. The Hall–Kier alpha value is -1.91. The summed E-state index contributed by atoms with van der Waals surface area (Å²) in [7, 11) is 0. The highest BCUT2D eigenvalue weighted by atomic mass is 16.2. The first kappa shape index (κ1) is 9.18. The number of carbonyl (C=O) groups excluding carboxylic acids is 1. The first-order valence-electron chi connectivity index (χ1n) is 3.60. The van der Waals surface area contributed by atoms with Crippen LogP contribution in [-0.4, -0.2) is 15.8 Å². The zero-order chi connectivity index (χ0) is 9.84. The Morgan fingerprint density at radius 2 is 2.15 bits per heavy atom. The van der Waals surface area contributed by atoms with Crippen LogP contribution in [0.1, 0.15) is 12.5 Å². The second kappa shape index (κ2) is 3.66. The number of rotatable bonds is 2. The molecule has 0 amide bonds. The van der Waals surface area contributed by atoms with Crippen LogP contribution < -0.4 is 11.2 Å². The van der Waals surface area contributed by atoms with Gasteiger partial charge in [-0.15, -0.1) is 0 Å². The number of H-pyrrole nitrogens is 2. The summed E-state index contributed by atoms with van der Waals surface area (Å²) in [5, 5.41) is 0. The summed E-state index contributed by atoms with van der Waals surface area (Å²) in [4.78, 5) is 36.4. The van der Waals surface area contributed by atoms with Crippen LogP contribution in [0.3, 0.4) is 0 Å². The van der Waals surface area contributed by atoms with E-state index in [0.29, 0.717) is 0 Å². The Labute approximate surface area is 73.1 Å². The smallest absolute Gasteiger partial charge is 0.314 e. The molecule has 0 spiro atoms. The summed E-state index contributed by atoms with van der Waals surface area (Å²) in [5.74, 6) is -0.161. The van der Waals surface area contributed by atoms with Crippen LogP contribution in [0.2, 0.25) is 0 Å². The van der Waals surface area contributed by atoms with E-state index in [2.05, 4.69) is 4.98 Å². The summed E-state index contributed by atoms with van der Waals surface area (Å²) in [6.07, 6.45) is 3.85. The highest BCUT2D eigenvalue weighted by molar-refractivity contribution is 5.91. The molecule has 1 rings (SSSR count). The molecule has 0 radical (unpaired) electrons. The fourth-order valence-corrected chi connectivity index (χ4v) is 0.751. The van der Waals surface area contributed by atoms with Crippen LogP contribution in [0.5, 0.6) is 0 Å². The molecule has 2 N–H and O–H groups in total. The zero-order valence-corrected chi connectivity index (χ0v) is 6.96. The highest BCUT2D eigenvalue weighted by Gasteiger charge is 1.94. The average molecular weight is 180 g/mol. The Bertz CT molecular complexity index is 453. The average Bonchev–Trinajstić information content (AvgIpc) is 2.02. The van der Waals surface area contributed by atoms with E-state index >= 15 is 0 Å². The van der Waals surface area contributed by atoms with Gasteiger partial charge >= 0.3 is 5.69 Å². The van der Waals surface area contributed by atoms with Crippen molar-refractivity contribution in [3.05, 3.63) is 38.7 Å². The summed E-state index contributed by atoms with van der Waals surface area (Å²) in [6.45, 7) is 1.37. The molecule has 0 fully saturated rings. The van der Waals surface area contributed by atoms with Gasteiger partial charge in [-0.25, -0.2) is 4.79 Å². The molecule has 0 aromatic carbocycles. The second-order valence-corrected chi connectivity index (χ2v) is 2.47. The van der Waals surface area contributed by atoms with Crippen molar-refractivity contribution in [3.63, 3.8) is 0 Å². The number of aromatic nitrogens is 2. The van der Waals surface area contributed by atoms with Gasteiger partial charge in [0.1, 0.15) is 0 Å². The van der Waals surface area contributed by atoms with Crippen LogP contribution >= 0.6 is 0 Å². The quantitative estimate of drug-likeness (QED) is 0.611. The fraction of sp³-hybridized carbons (Fsp3) is 0.125. The standard InChI is InChI=1S/C8H8N2O3/c1-5(11)2-3-6-4-9-8(13)10-7(6)12/h2-4H,1H3,(H2,9,10,12,13)/b3-2-. The van der Waals surface area contributed by atoms with Crippen molar-refractivity contribution in [3.8, 4) is 0 Å². The van der Waals surface area contributed by atoms with Gasteiger partial charge in [-0.2, -0.15) is 0 Å². The number of hydrogen-bond acceptors (Lipinski definition) is 3. The molecule has 13 heavy (non-hydrogen) atoms. The third-order valence-corrected chi connectivity index (χ3v) is 1.35. The molecule has 1 aromatic heterocycles. The predicted molar refractivity (Wildman–Crippen MR) is 47.4 cm³/mol. The topological polar surface area (TPSA) is 82.8 Å². The van der Waals surface area contributed by atoms with E-state index in [9.17, 15) is 14.4 Å². The van der Waals surface area contributed by atoms with Gasteiger partial charge in [-0.1, -0.05) is 0 Å². The number of nitrogens with one attached hydrogen (secondary N) is 2. The lowest BCUT2D eigenvalue weighted by Crippen LogP contribution is -2.22. The Morgan fingerprint density at radius 3 is 2.69 bits per heavy atom. The largest absolute Gasteiger partial charge is 0.325 e. The first-order valence-corrected chi connectivity index (χ1v) is 3.60. The number of allylic oxidation sites excluding steroid dienone is 1. The van der Waals surface area contributed by atoms with Gasteiger partial charge in [0.25, 0.3) is 5.56 Å². The van der Waals surface area contributed by atoms with Gasteiger partial charge in [0.2, 0.25) is 0 Å². The summed E-state index contributed by atoms with van der Waals surface area (Å²) in [5.41, 5.74) is -0.832. The molecule has 1 aromatic rings. The molecule has 0 saturated carbocycles. The third-order valence-electron chi connectivity index (χ3n) is 1.35. The summed E-state index contributed by atoms with van der Waals surface area (Å²) >= 11 is 0. The van der Waals surface area contributed by atoms with Crippen LogP contribution in [0.15, 0.2) is 21.9 Å². The normalized spacial score (nSPS) is 10.5. The van der Waals surface area contributed by atoms with Crippen LogP contribution in [-0.2, 0) is 4.79 Å². The Balaban J connectivity index is 3.11. The third kappa shape index (κ3) is 2.55. The molecule has 5 nitrogen and oxygen atoms in total. The van der Waals surface area contributed by atoms with E-state index in [1.54, 1.807) is 0 Å². The predicted octanol–water partition coefficient (Wildman–Crippen LogP) is -0.335. The molecule has 0 unspecified atom stereocenters. The lowest BCUT2D eigenvalue weighted by molar-refractivity contribution is -0.112. The van der Waals surface area contributed by atoms with E-state index < -0.39 is 11.2 Å². The highest BCUT2D eigenvalue weighted by Crippen LogP contribution is 1.89. The van der Waals surface area contributed by atoms with E-state index in [-0.39, 0.29) is 11.3 Å². The van der Waals surface area contributed by atoms with E-state index in [4.69, 9.17) is 0 Å². The van der Waals surface area contributed by atoms with Gasteiger partial charge in [-0.05, 0) is 19.1 Å². The minimum absolute atomic E-state index is 0.161. The second-order valence-electron chi connectivity index (χ2n) is 2.47. The van der Waals surface area contributed by atoms with Crippen molar-refractivity contribution in [2.24, 2.45) is 0 Å². The van der Waals surface area contributed by atoms with Crippen molar-refractivity contribution >= 4 is 11.9 Å². The first-order chi connectivity index (χ1) is 6.09. The van der Waals surface area contributed by atoms with E-state index in [1.807, 2.05) is 4.98 Å². The molecule has 0 aliphatic rings.